The fourth-order valence-electron chi connectivity index (χ4n) is 4.22. The van der Waals surface area contributed by atoms with Crippen LogP contribution in [0.15, 0.2) is 24.3 Å². The lowest BCUT2D eigenvalue weighted by Crippen LogP contribution is -2.40. The van der Waals surface area contributed by atoms with Crippen LogP contribution in [0.5, 0.6) is 11.5 Å². The molecule has 0 spiro atoms. The van der Waals surface area contributed by atoms with Crippen LogP contribution in [-0.2, 0) is 20.7 Å². The molecule has 0 bridgehead atoms. The number of fused-ring (bicyclic) bond motifs is 1. The highest BCUT2D eigenvalue weighted by Gasteiger charge is 2.33. The zero-order chi connectivity index (χ0) is 20.1. The van der Waals surface area contributed by atoms with Gasteiger partial charge in [0.25, 0.3) is 0 Å². The summed E-state index contributed by atoms with van der Waals surface area (Å²) in [6.07, 6.45) is 9.29. The molecular weight excluding hydrogens is 358 g/mol. The lowest BCUT2D eigenvalue weighted by atomic mass is 9.89. The maximum atomic E-state index is 13.0. The molecule has 1 aliphatic heterocycles. The van der Waals surface area contributed by atoms with Crippen LogP contribution < -0.4 is 9.47 Å². The summed E-state index contributed by atoms with van der Waals surface area (Å²) >= 11 is 0. The van der Waals surface area contributed by atoms with Crippen molar-refractivity contribution in [1.29, 1.82) is 0 Å². The number of ether oxygens (including phenoxy) is 3. The average molecular weight is 387 g/mol. The van der Waals surface area contributed by atoms with E-state index in [1.807, 2.05) is 18.2 Å². The summed E-state index contributed by atoms with van der Waals surface area (Å²) in [5.41, 5.74) is 1.98. The standard InChI is InChI=1S/C22H29NO5/c1-26-19-12-16-10-11-23(21(24)9-8-15-6-4-5-7-15)18(14-22(25)28-3)17(16)13-20(19)27-2/h8-9,12-13,15,18H,4-7,10-11,14H2,1-3H3/b9-8+. The first-order chi connectivity index (χ1) is 13.6. The molecule has 6 nitrogen and oxygen atoms in total. The summed E-state index contributed by atoms with van der Waals surface area (Å²) in [6.45, 7) is 0.554. The van der Waals surface area contributed by atoms with Crippen molar-refractivity contribution in [1.82, 2.24) is 4.90 Å². The fourth-order valence-corrected chi connectivity index (χ4v) is 4.22. The summed E-state index contributed by atoms with van der Waals surface area (Å²) in [7, 11) is 4.55. The Hall–Kier alpha value is -2.50. The van der Waals surface area contributed by atoms with Crippen molar-refractivity contribution in [2.75, 3.05) is 27.9 Å². The molecule has 0 saturated heterocycles. The van der Waals surface area contributed by atoms with Gasteiger partial charge < -0.3 is 19.1 Å². The zero-order valence-corrected chi connectivity index (χ0v) is 16.9. The molecule has 28 heavy (non-hydrogen) atoms. The molecule has 1 atom stereocenters. The highest BCUT2D eigenvalue weighted by atomic mass is 16.5. The minimum atomic E-state index is -0.378. The molecule has 1 saturated carbocycles. The maximum absolute atomic E-state index is 13.0. The normalized spacial score (nSPS) is 19.5. The molecule has 3 rings (SSSR count). The third kappa shape index (κ3) is 4.32. The summed E-state index contributed by atoms with van der Waals surface area (Å²) in [5.74, 6) is 1.33. The molecule has 1 heterocycles. The highest BCUT2D eigenvalue weighted by molar-refractivity contribution is 5.88. The van der Waals surface area contributed by atoms with Gasteiger partial charge in [-0.05, 0) is 54.5 Å². The van der Waals surface area contributed by atoms with Gasteiger partial charge in [-0.3, -0.25) is 9.59 Å². The van der Waals surface area contributed by atoms with Gasteiger partial charge in [-0.25, -0.2) is 0 Å². The van der Waals surface area contributed by atoms with E-state index in [4.69, 9.17) is 14.2 Å². The molecule has 1 fully saturated rings. The lowest BCUT2D eigenvalue weighted by molar-refractivity contribution is -0.143. The van der Waals surface area contributed by atoms with Gasteiger partial charge in [0.15, 0.2) is 11.5 Å². The molecule has 1 aromatic rings. The Morgan fingerprint density at radius 2 is 1.79 bits per heavy atom. The van der Waals surface area contributed by atoms with Crippen LogP contribution in [0.3, 0.4) is 0 Å². The Balaban J connectivity index is 1.90. The van der Waals surface area contributed by atoms with Crippen molar-refractivity contribution in [3.05, 3.63) is 35.4 Å². The van der Waals surface area contributed by atoms with Gasteiger partial charge in [-0.15, -0.1) is 0 Å². The van der Waals surface area contributed by atoms with Crippen LogP contribution in [0.2, 0.25) is 0 Å². The first-order valence-electron chi connectivity index (χ1n) is 9.87. The van der Waals surface area contributed by atoms with Gasteiger partial charge in [0.2, 0.25) is 5.91 Å². The Labute approximate surface area is 166 Å². The number of carbonyl (C=O) groups excluding carboxylic acids is 2. The monoisotopic (exact) mass is 387 g/mol. The number of hydrogen-bond donors (Lipinski definition) is 0. The fraction of sp³-hybridized carbons (Fsp3) is 0.545. The number of rotatable bonds is 6. The maximum Gasteiger partial charge on any atom is 0.307 e. The predicted octanol–water partition coefficient (Wildman–Crippen LogP) is 3.44. The number of amides is 1. The smallest absolute Gasteiger partial charge is 0.307 e. The molecule has 2 aliphatic rings. The first kappa shape index (κ1) is 20.2. The number of esters is 1. The van der Waals surface area contributed by atoms with E-state index in [-0.39, 0.29) is 24.3 Å². The summed E-state index contributed by atoms with van der Waals surface area (Å²) in [5, 5.41) is 0. The number of nitrogens with zero attached hydrogens (tertiary/aromatic N) is 1. The minimum Gasteiger partial charge on any atom is -0.493 e. The Kier molecular flexibility index (Phi) is 6.60. The zero-order valence-electron chi connectivity index (χ0n) is 16.9. The predicted molar refractivity (Wildman–Crippen MR) is 105 cm³/mol. The van der Waals surface area contributed by atoms with Crippen LogP contribution in [0.25, 0.3) is 0 Å². The second-order valence-electron chi connectivity index (χ2n) is 7.39. The van der Waals surface area contributed by atoms with E-state index < -0.39 is 0 Å². The number of benzene rings is 1. The summed E-state index contributed by atoms with van der Waals surface area (Å²) < 4.78 is 15.7. The van der Waals surface area contributed by atoms with Gasteiger partial charge in [0.1, 0.15) is 0 Å². The van der Waals surface area contributed by atoms with Crippen LogP contribution in [0.1, 0.15) is 49.3 Å². The lowest BCUT2D eigenvalue weighted by Gasteiger charge is -2.37. The van der Waals surface area contributed by atoms with Gasteiger partial charge in [0, 0.05) is 6.54 Å². The van der Waals surface area contributed by atoms with Crippen LogP contribution in [0, 0.1) is 5.92 Å². The molecule has 6 heteroatoms. The Bertz CT molecular complexity index is 752. The van der Waals surface area contributed by atoms with Crippen molar-refractivity contribution < 1.29 is 23.8 Å². The van der Waals surface area contributed by atoms with Crippen LogP contribution >= 0.6 is 0 Å². The number of allylic oxidation sites excluding steroid dienone is 1. The van der Waals surface area contributed by atoms with E-state index in [1.54, 1.807) is 25.2 Å². The number of carbonyl (C=O) groups is 2. The van der Waals surface area contributed by atoms with E-state index >= 15 is 0 Å². The Morgan fingerprint density at radius 3 is 2.43 bits per heavy atom. The van der Waals surface area contributed by atoms with Crippen molar-refractivity contribution in [2.24, 2.45) is 5.92 Å². The minimum absolute atomic E-state index is 0.0544. The van der Waals surface area contributed by atoms with Crippen molar-refractivity contribution >= 4 is 11.9 Å². The van der Waals surface area contributed by atoms with Crippen molar-refractivity contribution in [2.45, 2.75) is 44.6 Å². The third-order valence-electron chi connectivity index (χ3n) is 5.78. The Morgan fingerprint density at radius 1 is 1.11 bits per heavy atom. The molecule has 0 aromatic heterocycles. The van der Waals surface area contributed by atoms with E-state index in [2.05, 4.69) is 0 Å². The van der Waals surface area contributed by atoms with Crippen molar-refractivity contribution in [3.63, 3.8) is 0 Å². The SMILES string of the molecule is COC(=O)CC1c2cc(OC)c(OC)cc2CCN1C(=O)/C=C/C1CCCC1. The van der Waals surface area contributed by atoms with Gasteiger partial charge in [-0.1, -0.05) is 18.9 Å². The second-order valence-corrected chi connectivity index (χ2v) is 7.39. The van der Waals surface area contributed by atoms with Crippen molar-refractivity contribution in [3.8, 4) is 11.5 Å². The molecule has 1 unspecified atom stereocenters. The quantitative estimate of drug-likeness (QED) is 0.553. The molecule has 152 valence electrons. The second kappa shape index (κ2) is 9.13. The van der Waals surface area contributed by atoms with E-state index in [0.717, 1.165) is 24.0 Å². The third-order valence-corrected chi connectivity index (χ3v) is 5.78. The van der Waals surface area contributed by atoms with Gasteiger partial charge >= 0.3 is 5.97 Å². The average Bonchev–Trinajstić information content (AvgIpc) is 3.24. The van der Waals surface area contributed by atoms with E-state index in [9.17, 15) is 9.59 Å². The van der Waals surface area contributed by atoms with Crippen LogP contribution in [0.4, 0.5) is 0 Å². The number of methoxy groups -OCH3 is 3. The van der Waals surface area contributed by atoms with Crippen LogP contribution in [-0.4, -0.2) is 44.7 Å². The molecule has 1 amide bonds. The van der Waals surface area contributed by atoms with Gasteiger partial charge in [-0.2, -0.15) is 0 Å². The van der Waals surface area contributed by atoms with Gasteiger partial charge in [0.05, 0.1) is 33.8 Å². The number of hydrogen-bond acceptors (Lipinski definition) is 5. The molecular formula is C22H29NO5. The summed E-state index contributed by atoms with van der Waals surface area (Å²) in [4.78, 5) is 26.8. The molecule has 1 aliphatic carbocycles. The largest absolute Gasteiger partial charge is 0.493 e. The topological polar surface area (TPSA) is 65.1 Å². The molecule has 0 N–H and O–H groups in total. The van der Waals surface area contributed by atoms with E-state index in [1.165, 1.54) is 20.0 Å². The highest BCUT2D eigenvalue weighted by Crippen LogP contribution is 2.39. The van der Waals surface area contributed by atoms with E-state index in [0.29, 0.717) is 30.4 Å². The summed E-state index contributed by atoms with van der Waals surface area (Å²) in [6, 6.07) is 3.44. The molecule has 1 aromatic carbocycles. The molecule has 0 radical (unpaired) electrons. The first-order valence-corrected chi connectivity index (χ1v) is 9.87.